The second-order valence-corrected chi connectivity index (χ2v) is 6.89. The van der Waals surface area contributed by atoms with Crippen LogP contribution in [0.15, 0.2) is 21.1 Å². The van der Waals surface area contributed by atoms with Gasteiger partial charge in [-0.15, -0.1) is 0 Å². The third-order valence-corrected chi connectivity index (χ3v) is 4.20. The molecule has 0 heterocycles. The van der Waals surface area contributed by atoms with Crippen LogP contribution in [0.4, 0.5) is 11.4 Å². The normalized spacial score (nSPS) is 11.8. The standard InChI is InChI=1S/C9H13Br2N3O2S/c1-5(2)13-17(15,16)14-9-7(10)3-6(12)4-8(9)11/h3-5,13-14H,12H2,1-2H3. The summed E-state index contributed by atoms with van der Waals surface area (Å²) in [4.78, 5) is 0. The lowest BCUT2D eigenvalue weighted by Gasteiger charge is -2.14. The zero-order chi connectivity index (χ0) is 13.2. The van der Waals surface area contributed by atoms with Crippen molar-refractivity contribution >= 4 is 53.4 Å². The molecule has 0 radical (unpaired) electrons. The Morgan fingerprint density at radius 2 is 1.71 bits per heavy atom. The number of anilines is 2. The second-order valence-electron chi connectivity index (χ2n) is 3.74. The number of benzene rings is 1. The topological polar surface area (TPSA) is 84.2 Å². The molecule has 0 atom stereocenters. The van der Waals surface area contributed by atoms with Crippen LogP contribution in [0, 0.1) is 0 Å². The fraction of sp³-hybridized carbons (Fsp3) is 0.333. The zero-order valence-electron chi connectivity index (χ0n) is 9.29. The van der Waals surface area contributed by atoms with Crippen LogP contribution >= 0.6 is 31.9 Å². The lowest BCUT2D eigenvalue weighted by atomic mass is 10.3. The maximum atomic E-state index is 11.7. The van der Waals surface area contributed by atoms with Crippen molar-refractivity contribution in [1.29, 1.82) is 0 Å². The number of nitrogen functional groups attached to an aromatic ring is 1. The molecule has 8 heteroatoms. The van der Waals surface area contributed by atoms with Crippen LogP contribution in [-0.2, 0) is 10.2 Å². The van der Waals surface area contributed by atoms with Crippen molar-refractivity contribution in [2.45, 2.75) is 19.9 Å². The number of nitrogens with two attached hydrogens (primary N) is 1. The van der Waals surface area contributed by atoms with E-state index < -0.39 is 10.2 Å². The van der Waals surface area contributed by atoms with Gasteiger partial charge < -0.3 is 5.73 Å². The minimum atomic E-state index is -3.59. The van der Waals surface area contributed by atoms with Gasteiger partial charge in [-0.25, -0.2) is 0 Å². The summed E-state index contributed by atoms with van der Waals surface area (Å²) in [5, 5.41) is 0. The maximum Gasteiger partial charge on any atom is 0.299 e. The molecule has 0 saturated carbocycles. The van der Waals surface area contributed by atoms with Crippen LogP contribution in [-0.4, -0.2) is 14.5 Å². The van der Waals surface area contributed by atoms with Crippen LogP contribution in [0.3, 0.4) is 0 Å². The molecule has 17 heavy (non-hydrogen) atoms. The number of rotatable bonds is 4. The zero-order valence-corrected chi connectivity index (χ0v) is 13.3. The van der Waals surface area contributed by atoms with Gasteiger partial charge >= 0.3 is 0 Å². The second kappa shape index (κ2) is 5.55. The smallest absolute Gasteiger partial charge is 0.299 e. The van der Waals surface area contributed by atoms with E-state index in [1.165, 1.54) is 0 Å². The molecule has 0 aliphatic carbocycles. The highest BCUT2D eigenvalue weighted by Gasteiger charge is 2.15. The van der Waals surface area contributed by atoms with Gasteiger partial charge in [0.25, 0.3) is 10.2 Å². The van der Waals surface area contributed by atoms with E-state index in [4.69, 9.17) is 5.73 Å². The molecule has 0 aromatic heterocycles. The molecule has 0 saturated heterocycles. The van der Waals surface area contributed by atoms with Gasteiger partial charge in [0.15, 0.2) is 0 Å². The molecule has 0 amide bonds. The lowest BCUT2D eigenvalue weighted by Crippen LogP contribution is -2.35. The van der Waals surface area contributed by atoms with E-state index in [1.54, 1.807) is 26.0 Å². The number of hydrogen-bond acceptors (Lipinski definition) is 3. The highest BCUT2D eigenvalue weighted by atomic mass is 79.9. The molecule has 0 aliphatic heterocycles. The van der Waals surface area contributed by atoms with Gasteiger partial charge in [-0.2, -0.15) is 13.1 Å². The summed E-state index contributed by atoms with van der Waals surface area (Å²) in [7, 11) is -3.59. The van der Waals surface area contributed by atoms with E-state index in [9.17, 15) is 8.42 Å². The molecule has 0 bridgehead atoms. The van der Waals surface area contributed by atoms with Gasteiger partial charge in [-0.1, -0.05) is 0 Å². The summed E-state index contributed by atoms with van der Waals surface area (Å²) >= 11 is 6.50. The van der Waals surface area contributed by atoms with Crippen molar-refractivity contribution in [1.82, 2.24) is 4.72 Å². The predicted molar refractivity (Wildman–Crippen MR) is 77.1 cm³/mol. The Morgan fingerprint density at radius 1 is 1.24 bits per heavy atom. The first-order valence-electron chi connectivity index (χ1n) is 4.76. The minimum absolute atomic E-state index is 0.182. The molecule has 1 aromatic rings. The lowest BCUT2D eigenvalue weighted by molar-refractivity contribution is 0.575. The van der Waals surface area contributed by atoms with Crippen molar-refractivity contribution in [3.63, 3.8) is 0 Å². The van der Waals surface area contributed by atoms with Crippen LogP contribution in [0.1, 0.15) is 13.8 Å². The maximum absolute atomic E-state index is 11.7. The fourth-order valence-corrected chi connectivity index (χ4v) is 4.02. The Kier molecular flexibility index (Phi) is 4.82. The molecular weight excluding hydrogens is 374 g/mol. The predicted octanol–water partition coefficient (Wildman–Crippen LogP) is 2.45. The average molecular weight is 387 g/mol. The molecule has 1 aromatic carbocycles. The van der Waals surface area contributed by atoms with Gasteiger partial charge in [0.2, 0.25) is 0 Å². The van der Waals surface area contributed by atoms with Gasteiger partial charge in [-0.05, 0) is 57.8 Å². The first-order valence-corrected chi connectivity index (χ1v) is 7.83. The van der Waals surface area contributed by atoms with Crippen molar-refractivity contribution in [2.24, 2.45) is 0 Å². The van der Waals surface area contributed by atoms with Crippen molar-refractivity contribution < 1.29 is 8.42 Å². The van der Waals surface area contributed by atoms with E-state index in [1.807, 2.05) is 0 Å². The van der Waals surface area contributed by atoms with Gasteiger partial charge in [0.1, 0.15) is 0 Å². The van der Waals surface area contributed by atoms with Gasteiger partial charge in [-0.3, -0.25) is 4.72 Å². The summed E-state index contributed by atoms with van der Waals surface area (Å²) in [5.41, 5.74) is 6.56. The monoisotopic (exact) mass is 385 g/mol. The molecular formula is C9H13Br2N3O2S. The third kappa shape index (κ3) is 4.46. The summed E-state index contributed by atoms with van der Waals surface area (Å²) in [6.07, 6.45) is 0. The van der Waals surface area contributed by atoms with Gasteiger partial charge in [0, 0.05) is 20.7 Å². The molecule has 0 spiro atoms. The van der Waals surface area contributed by atoms with E-state index in [2.05, 4.69) is 41.3 Å². The summed E-state index contributed by atoms with van der Waals surface area (Å²) < 4.78 is 29.4. The Balaban J connectivity index is 3.04. The van der Waals surface area contributed by atoms with E-state index >= 15 is 0 Å². The average Bonchev–Trinajstić information content (AvgIpc) is 2.09. The highest BCUT2D eigenvalue weighted by Crippen LogP contribution is 2.33. The van der Waals surface area contributed by atoms with Crippen LogP contribution in [0.2, 0.25) is 0 Å². The summed E-state index contributed by atoms with van der Waals surface area (Å²) in [6, 6.07) is 3.06. The van der Waals surface area contributed by atoms with E-state index in [-0.39, 0.29) is 6.04 Å². The Bertz CT molecular complexity index is 494. The number of hydrogen-bond donors (Lipinski definition) is 3. The Morgan fingerprint density at radius 3 is 2.12 bits per heavy atom. The first-order chi connectivity index (χ1) is 7.71. The minimum Gasteiger partial charge on any atom is -0.399 e. The molecule has 4 N–H and O–H groups in total. The van der Waals surface area contributed by atoms with Crippen LogP contribution in [0.25, 0.3) is 0 Å². The molecule has 5 nitrogen and oxygen atoms in total. The van der Waals surface area contributed by atoms with E-state index in [0.717, 1.165) is 0 Å². The van der Waals surface area contributed by atoms with Crippen molar-refractivity contribution in [3.8, 4) is 0 Å². The molecule has 96 valence electrons. The SMILES string of the molecule is CC(C)NS(=O)(=O)Nc1c(Br)cc(N)cc1Br. The molecule has 0 fully saturated rings. The van der Waals surface area contributed by atoms with Crippen molar-refractivity contribution in [2.75, 3.05) is 10.5 Å². The Hall–Kier alpha value is -0.310. The highest BCUT2D eigenvalue weighted by molar-refractivity contribution is 9.11. The van der Waals surface area contributed by atoms with Crippen LogP contribution < -0.4 is 15.2 Å². The fourth-order valence-electron chi connectivity index (χ4n) is 1.16. The number of nitrogens with one attached hydrogen (secondary N) is 2. The summed E-state index contributed by atoms with van der Waals surface area (Å²) in [5.74, 6) is 0. The Labute approximate surface area is 118 Å². The van der Waals surface area contributed by atoms with E-state index in [0.29, 0.717) is 20.3 Å². The summed E-state index contributed by atoms with van der Waals surface area (Å²) in [6.45, 7) is 3.48. The molecule has 0 unspecified atom stereocenters. The van der Waals surface area contributed by atoms with Crippen LogP contribution in [0.5, 0.6) is 0 Å². The molecule has 0 aliphatic rings. The molecule has 1 rings (SSSR count). The third-order valence-electron chi connectivity index (χ3n) is 1.69. The quantitative estimate of drug-likeness (QED) is 0.695. The van der Waals surface area contributed by atoms with Gasteiger partial charge in [0.05, 0.1) is 5.69 Å². The largest absolute Gasteiger partial charge is 0.399 e. The number of halogens is 2. The first kappa shape index (κ1) is 14.7. The van der Waals surface area contributed by atoms with Crippen molar-refractivity contribution in [3.05, 3.63) is 21.1 Å².